The van der Waals surface area contributed by atoms with E-state index in [1.54, 1.807) is 25.3 Å². The van der Waals surface area contributed by atoms with E-state index in [4.69, 9.17) is 32.8 Å². The monoisotopic (exact) mass is 377 g/mol. The topological polar surface area (TPSA) is 47.9 Å². The number of hydrogen-bond donors (Lipinski definition) is 0. The molecule has 25 heavy (non-hydrogen) atoms. The van der Waals surface area contributed by atoms with Gasteiger partial charge in [-0.3, -0.25) is 0 Å². The van der Waals surface area contributed by atoms with Crippen LogP contribution in [-0.2, 0) is 4.84 Å². The van der Waals surface area contributed by atoms with Crippen LogP contribution in [0.5, 0.6) is 5.75 Å². The summed E-state index contributed by atoms with van der Waals surface area (Å²) < 4.78 is 5.17. The highest BCUT2D eigenvalue weighted by molar-refractivity contribution is 6.39. The van der Waals surface area contributed by atoms with Gasteiger partial charge in [0.05, 0.1) is 28.4 Å². The quantitative estimate of drug-likeness (QED) is 0.401. The smallest absolute Gasteiger partial charge is 0.368 e. The average Bonchev–Trinajstić information content (AvgIpc) is 3.40. The predicted molar refractivity (Wildman–Crippen MR) is 98.8 cm³/mol. The molecule has 6 heteroatoms. The van der Waals surface area contributed by atoms with Crippen molar-refractivity contribution in [3.63, 3.8) is 0 Å². The molecule has 2 aromatic rings. The van der Waals surface area contributed by atoms with E-state index in [0.717, 1.165) is 17.9 Å². The lowest BCUT2D eigenvalue weighted by atomic mass is 10.1. The lowest BCUT2D eigenvalue weighted by molar-refractivity contribution is 0.0515. The molecule has 0 aliphatic heterocycles. The Kier molecular flexibility index (Phi) is 5.30. The Labute approximate surface area is 156 Å². The fourth-order valence-corrected chi connectivity index (χ4v) is 3.35. The van der Waals surface area contributed by atoms with Gasteiger partial charge in [0, 0.05) is 5.92 Å². The van der Waals surface area contributed by atoms with Crippen molar-refractivity contribution in [2.75, 3.05) is 7.11 Å². The number of methoxy groups -OCH3 is 1. The van der Waals surface area contributed by atoms with Crippen molar-refractivity contribution < 1.29 is 14.4 Å². The van der Waals surface area contributed by atoms with Gasteiger partial charge in [-0.25, -0.2) is 4.79 Å². The first-order valence-corrected chi connectivity index (χ1v) is 8.60. The van der Waals surface area contributed by atoms with E-state index in [1.165, 1.54) is 5.56 Å². The summed E-state index contributed by atoms with van der Waals surface area (Å²) in [4.78, 5) is 17.2. The third-order valence-electron chi connectivity index (χ3n) is 4.31. The molecule has 0 spiro atoms. The molecule has 3 rings (SSSR count). The number of rotatable bonds is 5. The first kappa shape index (κ1) is 17.8. The third-order valence-corrected chi connectivity index (χ3v) is 4.94. The van der Waals surface area contributed by atoms with Gasteiger partial charge in [0.1, 0.15) is 5.75 Å². The van der Waals surface area contributed by atoms with Gasteiger partial charge in [0.2, 0.25) is 0 Å². The second-order valence-corrected chi connectivity index (χ2v) is 6.74. The first-order valence-electron chi connectivity index (χ1n) is 7.85. The van der Waals surface area contributed by atoms with Gasteiger partial charge in [0.25, 0.3) is 0 Å². The van der Waals surface area contributed by atoms with Crippen molar-refractivity contribution in [1.82, 2.24) is 0 Å². The minimum absolute atomic E-state index is 0.130. The number of carbonyl (C=O) groups is 1. The summed E-state index contributed by atoms with van der Waals surface area (Å²) in [6, 6.07) is 12.8. The van der Waals surface area contributed by atoms with E-state index >= 15 is 0 Å². The van der Waals surface area contributed by atoms with Crippen molar-refractivity contribution in [2.24, 2.45) is 11.1 Å². The number of hydrogen-bond acceptors (Lipinski definition) is 4. The first-order chi connectivity index (χ1) is 12.0. The Hall–Kier alpha value is -2.04. The van der Waals surface area contributed by atoms with E-state index < -0.39 is 5.97 Å². The summed E-state index contributed by atoms with van der Waals surface area (Å²) in [6.45, 7) is 1.86. The van der Waals surface area contributed by atoms with Crippen LogP contribution in [0.2, 0.25) is 10.0 Å². The minimum atomic E-state index is -0.656. The van der Waals surface area contributed by atoms with Crippen molar-refractivity contribution >= 4 is 34.9 Å². The Morgan fingerprint density at radius 1 is 1.12 bits per heavy atom. The fraction of sp³-hybridized carbons (Fsp3) is 0.263. The highest BCUT2D eigenvalue weighted by Gasteiger charge is 2.41. The molecule has 1 fully saturated rings. The van der Waals surface area contributed by atoms with Crippen LogP contribution in [-0.4, -0.2) is 18.8 Å². The molecule has 1 aliphatic rings. The molecule has 0 aromatic heterocycles. The van der Waals surface area contributed by atoms with Crippen LogP contribution in [0.25, 0.3) is 0 Å². The Morgan fingerprint density at radius 3 is 2.36 bits per heavy atom. The Bertz CT molecular complexity index is 798. The van der Waals surface area contributed by atoms with Crippen molar-refractivity contribution in [1.29, 1.82) is 0 Å². The normalized spacial score (nSPS) is 19.4. The van der Waals surface area contributed by atoms with Crippen LogP contribution >= 0.6 is 23.2 Å². The van der Waals surface area contributed by atoms with Gasteiger partial charge < -0.3 is 9.57 Å². The van der Waals surface area contributed by atoms with Crippen LogP contribution in [0.4, 0.5) is 0 Å². The molecule has 0 bridgehead atoms. The molecule has 0 N–H and O–H groups in total. The van der Waals surface area contributed by atoms with E-state index in [1.807, 2.05) is 31.2 Å². The third kappa shape index (κ3) is 3.97. The minimum Gasteiger partial charge on any atom is -0.497 e. The second-order valence-electron chi connectivity index (χ2n) is 5.93. The molecular formula is C19H17Cl2NO3. The Balaban J connectivity index is 1.64. The maximum absolute atomic E-state index is 12.1. The highest BCUT2D eigenvalue weighted by Crippen LogP contribution is 2.48. The number of nitrogens with zero attached hydrogens (tertiary/aromatic N) is 1. The van der Waals surface area contributed by atoms with Crippen LogP contribution < -0.4 is 4.74 Å². The van der Waals surface area contributed by atoms with Crippen molar-refractivity contribution in [2.45, 2.75) is 19.3 Å². The van der Waals surface area contributed by atoms with E-state index in [0.29, 0.717) is 5.92 Å². The molecule has 0 amide bonds. The lowest BCUT2D eigenvalue weighted by Crippen LogP contribution is -2.06. The molecule has 2 aromatic carbocycles. The van der Waals surface area contributed by atoms with Gasteiger partial charge in [-0.1, -0.05) is 46.6 Å². The SMILES string of the molecule is COc1ccc(C2CC2C(C)=NOC(=O)c2c(Cl)cccc2Cl)cc1. The zero-order valence-corrected chi connectivity index (χ0v) is 15.3. The molecule has 0 heterocycles. The lowest BCUT2D eigenvalue weighted by Gasteiger charge is -2.05. The second kappa shape index (κ2) is 7.46. The molecule has 4 nitrogen and oxygen atoms in total. The molecule has 2 atom stereocenters. The summed E-state index contributed by atoms with van der Waals surface area (Å²) in [5, 5.41) is 4.47. The summed E-state index contributed by atoms with van der Waals surface area (Å²) in [7, 11) is 1.64. The van der Waals surface area contributed by atoms with Crippen LogP contribution in [0.15, 0.2) is 47.6 Å². The number of benzene rings is 2. The highest BCUT2D eigenvalue weighted by atomic mass is 35.5. The number of carbonyl (C=O) groups excluding carboxylic acids is 1. The van der Waals surface area contributed by atoms with Crippen LogP contribution in [0.1, 0.15) is 35.2 Å². The molecule has 1 saturated carbocycles. The zero-order chi connectivity index (χ0) is 18.0. The van der Waals surface area contributed by atoms with Crippen molar-refractivity contribution in [3.05, 3.63) is 63.6 Å². The summed E-state index contributed by atoms with van der Waals surface area (Å²) >= 11 is 12.0. The number of halogens is 2. The maximum Gasteiger partial charge on any atom is 0.368 e. The van der Waals surface area contributed by atoms with Gasteiger partial charge >= 0.3 is 5.97 Å². The van der Waals surface area contributed by atoms with E-state index in [-0.39, 0.29) is 21.5 Å². The van der Waals surface area contributed by atoms with Gasteiger partial charge in [0.15, 0.2) is 0 Å². The van der Waals surface area contributed by atoms with E-state index in [9.17, 15) is 4.79 Å². The number of ether oxygens (including phenoxy) is 1. The standard InChI is InChI=1S/C19H17Cl2NO3/c1-11(14-10-15(14)12-6-8-13(24-2)9-7-12)22-25-19(23)18-16(20)4-3-5-17(18)21/h3-9,14-15H,10H2,1-2H3. The van der Waals surface area contributed by atoms with E-state index in [2.05, 4.69) is 5.16 Å². The largest absolute Gasteiger partial charge is 0.497 e. The maximum atomic E-state index is 12.1. The fourth-order valence-electron chi connectivity index (χ4n) is 2.80. The average molecular weight is 378 g/mol. The Morgan fingerprint density at radius 2 is 1.76 bits per heavy atom. The summed E-state index contributed by atoms with van der Waals surface area (Å²) in [5.74, 6) is 0.827. The van der Waals surface area contributed by atoms with Gasteiger partial charge in [-0.05, 0) is 49.1 Å². The summed E-state index contributed by atoms with van der Waals surface area (Å²) in [6.07, 6.45) is 0.978. The summed E-state index contributed by atoms with van der Waals surface area (Å²) in [5.41, 5.74) is 2.13. The molecule has 0 radical (unpaired) electrons. The number of oxime groups is 1. The molecule has 1 aliphatic carbocycles. The van der Waals surface area contributed by atoms with Gasteiger partial charge in [-0.2, -0.15) is 0 Å². The molecule has 2 unspecified atom stereocenters. The van der Waals surface area contributed by atoms with Crippen molar-refractivity contribution in [3.8, 4) is 5.75 Å². The van der Waals surface area contributed by atoms with Crippen LogP contribution in [0.3, 0.4) is 0 Å². The molecule has 130 valence electrons. The molecular weight excluding hydrogens is 361 g/mol. The van der Waals surface area contributed by atoms with Crippen LogP contribution in [0, 0.1) is 5.92 Å². The predicted octanol–water partition coefficient (Wildman–Crippen LogP) is 5.34. The van der Waals surface area contributed by atoms with Gasteiger partial charge in [-0.15, -0.1) is 0 Å². The molecule has 0 saturated heterocycles. The zero-order valence-electron chi connectivity index (χ0n) is 13.8.